The lowest BCUT2D eigenvalue weighted by Crippen LogP contribution is -2.50. The van der Waals surface area contributed by atoms with Crippen molar-refractivity contribution in [2.75, 3.05) is 19.7 Å². The number of nitrogens with zero attached hydrogens (tertiary/aromatic N) is 1. The van der Waals surface area contributed by atoms with Crippen LogP contribution in [0.15, 0.2) is 0 Å². The van der Waals surface area contributed by atoms with Gasteiger partial charge < -0.3 is 10.4 Å². The molecule has 2 rings (SSSR count). The van der Waals surface area contributed by atoms with Gasteiger partial charge in [0.2, 0.25) is 5.91 Å². The van der Waals surface area contributed by atoms with Crippen LogP contribution in [0.1, 0.15) is 58.8 Å². The van der Waals surface area contributed by atoms with E-state index in [0.29, 0.717) is 30.5 Å². The van der Waals surface area contributed by atoms with Crippen LogP contribution in [-0.4, -0.2) is 47.7 Å². The number of carbonyl (C=O) groups is 1. The third-order valence-corrected chi connectivity index (χ3v) is 5.59. The van der Waals surface area contributed by atoms with Gasteiger partial charge in [-0.2, -0.15) is 0 Å². The Morgan fingerprint density at radius 3 is 2.52 bits per heavy atom. The highest BCUT2D eigenvalue weighted by atomic mass is 16.3. The lowest BCUT2D eigenvalue weighted by atomic mass is 9.78. The number of hydrogen-bond donors (Lipinski definition) is 2. The molecule has 0 spiro atoms. The van der Waals surface area contributed by atoms with Crippen LogP contribution in [-0.2, 0) is 4.79 Å². The Bertz CT molecular complexity index is 331. The predicted molar refractivity (Wildman–Crippen MR) is 85.0 cm³/mol. The lowest BCUT2D eigenvalue weighted by molar-refractivity contribution is -0.124. The van der Waals surface area contributed by atoms with Gasteiger partial charge >= 0.3 is 0 Å². The van der Waals surface area contributed by atoms with E-state index in [9.17, 15) is 4.79 Å². The van der Waals surface area contributed by atoms with Crippen LogP contribution in [0.2, 0.25) is 0 Å². The minimum Gasteiger partial charge on any atom is -0.396 e. The number of aliphatic hydroxyl groups excluding tert-OH is 1. The molecule has 3 unspecified atom stereocenters. The van der Waals surface area contributed by atoms with Crippen LogP contribution in [0.4, 0.5) is 0 Å². The van der Waals surface area contributed by atoms with Crippen LogP contribution in [0, 0.1) is 11.8 Å². The summed E-state index contributed by atoms with van der Waals surface area (Å²) in [6.07, 6.45) is 8.09. The van der Waals surface area contributed by atoms with Gasteiger partial charge in [-0.3, -0.25) is 9.69 Å². The summed E-state index contributed by atoms with van der Waals surface area (Å²) in [5.74, 6) is 1.46. The molecule has 0 aliphatic heterocycles. The van der Waals surface area contributed by atoms with E-state index < -0.39 is 0 Å². The van der Waals surface area contributed by atoms with Crippen LogP contribution in [0.3, 0.4) is 0 Å². The van der Waals surface area contributed by atoms with E-state index in [0.717, 1.165) is 19.4 Å². The van der Waals surface area contributed by atoms with E-state index in [4.69, 9.17) is 5.11 Å². The smallest absolute Gasteiger partial charge is 0.234 e. The molecule has 0 heterocycles. The number of amides is 1. The topological polar surface area (TPSA) is 52.6 Å². The van der Waals surface area contributed by atoms with Crippen molar-refractivity contribution in [3.8, 4) is 0 Å². The summed E-state index contributed by atoms with van der Waals surface area (Å²) in [7, 11) is 0. The van der Waals surface area contributed by atoms with Crippen molar-refractivity contribution in [3.63, 3.8) is 0 Å². The zero-order valence-corrected chi connectivity index (χ0v) is 13.7. The molecule has 3 atom stereocenters. The third-order valence-electron chi connectivity index (χ3n) is 5.59. The Labute approximate surface area is 129 Å². The number of aliphatic hydroxyl groups is 1. The average Bonchev–Trinajstić information content (AvgIpc) is 2.39. The Morgan fingerprint density at radius 1 is 1.19 bits per heavy atom. The summed E-state index contributed by atoms with van der Waals surface area (Å²) in [6, 6.07) is 0.910. The second-order valence-corrected chi connectivity index (χ2v) is 7.07. The SMILES string of the molecule is CC1CCCC(NC(=O)CN(CCCO)C2CCC2)C1C. The molecule has 4 heteroatoms. The van der Waals surface area contributed by atoms with Crippen molar-refractivity contribution in [2.45, 2.75) is 70.9 Å². The highest BCUT2D eigenvalue weighted by Gasteiger charge is 2.30. The van der Waals surface area contributed by atoms with Gasteiger partial charge in [0.25, 0.3) is 0 Å². The largest absolute Gasteiger partial charge is 0.396 e. The number of carbonyl (C=O) groups excluding carboxylic acids is 1. The van der Waals surface area contributed by atoms with Gasteiger partial charge in [0.1, 0.15) is 0 Å². The molecule has 1 amide bonds. The third kappa shape index (κ3) is 4.68. The fraction of sp³-hybridized carbons (Fsp3) is 0.941. The first-order valence-corrected chi connectivity index (χ1v) is 8.76. The fourth-order valence-electron chi connectivity index (χ4n) is 3.64. The second kappa shape index (κ2) is 8.14. The van der Waals surface area contributed by atoms with Gasteiger partial charge in [-0.25, -0.2) is 0 Å². The molecule has 21 heavy (non-hydrogen) atoms. The molecule has 2 aliphatic rings. The molecular weight excluding hydrogens is 264 g/mol. The molecule has 2 saturated carbocycles. The van der Waals surface area contributed by atoms with Crippen LogP contribution in [0.25, 0.3) is 0 Å². The fourth-order valence-corrected chi connectivity index (χ4v) is 3.64. The van der Waals surface area contributed by atoms with Crippen LogP contribution in [0.5, 0.6) is 0 Å². The molecule has 0 bridgehead atoms. The van der Waals surface area contributed by atoms with E-state index in [-0.39, 0.29) is 12.5 Å². The predicted octanol–water partition coefficient (Wildman–Crippen LogP) is 2.16. The van der Waals surface area contributed by atoms with Gasteiger partial charge in [-0.05, 0) is 37.5 Å². The molecule has 0 aromatic rings. The lowest BCUT2D eigenvalue weighted by Gasteiger charge is -2.38. The summed E-state index contributed by atoms with van der Waals surface area (Å²) in [5, 5.41) is 12.3. The van der Waals surface area contributed by atoms with Gasteiger partial charge in [0, 0.05) is 25.2 Å². The first-order chi connectivity index (χ1) is 10.1. The summed E-state index contributed by atoms with van der Waals surface area (Å²) >= 11 is 0. The quantitative estimate of drug-likeness (QED) is 0.757. The van der Waals surface area contributed by atoms with Crippen LogP contribution < -0.4 is 5.32 Å². The van der Waals surface area contributed by atoms with Crippen molar-refractivity contribution in [1.29, 1.82) is 0 Å². The van der Waals surface area contributed by atoms with E-state index in [2.05, 4.69) is 24.1 Å². The number of nitrogens with one attached hydrogen (secondary N) is 1. The Balaban J connectivity index is 1.80. The highest BCUT2D eigenvalue weighted by Crippen LogP contribution is 2.29. The minimum absolute atomic E-state index is 0.172. The van der Waals surface area contributed by atoms with E-state index in [1.165, 1.54) is 32.1 Å². The van der Waals surface area contributed by atoms with Gasteiger partial charge in [0.15, 0.2) is 0 Å². The first-order valence-electron chi connectivity index (χ1n) is 8.76. The maximum atomic E-state index is 12.4. The van der Waals surface area contributed by atoms with E-state index >= 15 is 0 Å². The monoisotopic (exact) mass is 296 g/mol. The van der Waals surface area contributed by atoms with Crippen molar-refractivity contribution in [2.24, 2.45) is 11.8 Å². The van der Waals surface area contributed by atoms with E-state index in [1.54, 1.807) is 0 Å². The van der Waals surface area contributed by atoms with Crippen molar-refractivity contribution in [1.82, 2.24) is 10.2 Å². The molecule has 2 aliphatic carbocycles. The summed E-state index contributed by atoms with van der Waals surface area (Å²) < 4.78 is 0. The summed E-state index contributed by atoms with van der Waals surface area (Å²) in [4.78, 5) is 14.6. The molecule has 0 aromatic carbocycles. The highest BCUT2D eigenvalue weighted by molar-refractivity contribution is 5.78. The van der Waals surface area contributed by atoms with Gasteiger partial charge in [-0.1, -0.05) is 33.1 Å². The van der Waals surface area contributed by atoms with Crippen molar-refractivity contribution in [3.05, 3.63) is 0 Å². The molecule has 2 N–H and O–H groups in total. The second-order valence-electron chi connectivity index (χ2n) is 7.07. The normalized spacial score (nSPS) is 30.2. The van der Waals surface area contributed by atoms with Gasteiger partial charge in [-0.15, -0.1) is 0 Å². The zero-order chi connectivity index (χ0) is 15.2. The zero-order valence-electron chi connectivity index (χ0n) is 13.7. The number of rotatable bonds is 7. The molecule has 0 saturated heterocycles. The molecule has 0 radical (unpaired) electrons. The maximum absolute atomic E-state index is 12.4. The van der Waals surface area contributed by atoms with E-state index in [1.807, 2.05) is 0 Å². The Hall–Kier alpha value is -0.610. The Kier molecular flexibility index (Phi) is 6.49. The minimum atomic E-state index is 0.172. The standard InChI is InChI=1S/C17H32N2O2/c1-13-6-3-9-16(14(13)2)18-17(21)12-19(10-5-11-20)15-7-4-8-15/h13-16,20H,3-12H2,1-2H3,(H,18,21). The molecule has 2 fully saturated rings. The first kappa shape index (κ1) is 16.8. The Morgan fingerprint density at radius 2 is 1.90 bits per heavy atom. The molecule has 0 aromatic heterocycles. The van der Waals surface area contributed by atoms with Crippen molar-refractivity contribution < 1.29 is 9.90 Å². The summed E-state index contributed by atoms with van der Waals surface area (Å²) in [6.45, 7) is 6.12. The molecule has 122 valence electrons. The van der Waals surface area contributed by atoms with Crippen molar-refractivity contribution >= 4 is 5.91 Å². The molecule has 4 nitrogen and oxygen atoms in total. The maximum Gasteiger partial charge on any atom is 0.234 e. The van der Waals surface area contributed by atoms with Crippen LogP contribution >= 0.6 is 0 Å². The average molecular weight is 296 g/mol. The van der Waals surface area contributed by atoms with Gasteiger partial charge in [0.05, 0.1) is 6.54 Å². The number of hydrogen-bond acceptors (Lipinski definition) is 3. The summed E-state index contributed by atoms with van der Waals surface area (Å²) in [5.41, 5.74) is 0. The molecular formula is C17H32N2O2.